The van der Waals surface area contributed by atoms with Crippen molar-refractivity contribution in [1.82, 2.24) is 14.9 Å². The lowest BCUT2D eigenvalue weighted by Gasteiger charge is -2.18. The average molecular weight is 394 g/mol. The van der Waals surface area contributed by atoms with Crippen LogP contribution in [0.4, 0.5) is 0 Å². The molecule has 6 heteroatoms. The summed E-state index contributed by atoms with van der Waals surface area (Å²) in [6.07, 6.45) is 0. The van der Waals surface area contributed by atoms with E-state index in [-0.39, 0.29) is 11.9 Å². The second-order valence-electron chi connectivity index (χ2n) is 6.16. The van der Waals surface area contributed by atoms with E-state index < -0.39 is 0 Å². The highest BCUT2D eigenvalue weighted by Gasteiger charge is 2.18. The van der Waals surface area contributed by atoms with Gasteiger partial charge in [-0.3, -0.25) is 4.79 Å². The van der Waals surface area contributed by atoms with E-state index in [9.17, 15) is 4.79 Å². The molecule has 1 amide bonds. The van der Waals surface area contributed by atoms with Gasteiger partial charge in [0.25, 0.3) is 0 Å². The molecule has 27 heavy (non-hydrogen) atoms. The van der Waals surface area contributed by atoms with Crippen LogP contribution >= 0.6 is 23.1 Å². The molecular formula is C21H19N3OS2. The molecule has 0 saturated carbocycles. The molecule has 0 saturated heterocycles. The van der Waals surface area contributed by atoms with E-state index in [0.29, 0.717) is 5.75 Å². The second-order valence-corrected chi connectivity index (χ2v) is 8.08. The summed E-state index contributed by atoms with van der Waals surface area (Å²) in [4.78, 5) is 18.4. The van der Waals surface area contributed by atoms with Crippen molar-refractivity contribution in [1.29, 1.82) is 0 Å². The van der Waals surface area contributed by atoms with Gasteiger partial charge in [-0.1, -0.05) is 60.3 Å². The minimum atomic E-state index is -0.125. The van der Waals surface area contributed by atoms with Crippen molar-refractivity contribution in [2.45, 2.75) is 11.2 Å². The first kappa shape index (κ1) is 17.8. The summed E-state index contributed by atoms with van der Waals surface area (Å²) in [5.41, 5.74) is 3.10. The fourth-order valence-corrected chi connectivity index (χ4v) is 4.61. The number of rotatable bonds is 6. The number of imidazole rings is 1. The highest BCUT2D eigenvalue weighted by molar-refractivity contribution is 7.99. The van der Waals surface area contributed by atoms with Crippen LogP contribution in [-0.4, -0.2) is 21.2 Å². The van der Waals surface area contributed by atoms with E-state index in [1.54, 1.807) is 11.3 Å². The second kappa shape index (κ2) is 7.98. The van der Waals surface area contributed by atoms with Gasteiger partial charge in [0.2, 0.25) is 5.91 Å². The minimum absolute atomic E-state index is 0.00527. The lowest BCUT2D eigenvalue weighted by Crippen LogP contribution is -2.30. The van der Waals surface area contributed by atoms with Crippen LogP contribution in [0.25, 0.3) is 11.0 Å². The highest BCUT2D eigenvalue weighted by atomic mass is 32.2. The van der Waals surface area contributed by atoms with Gasteiger partial charge >= 0.3 is 0 Å². The highest BCUT2D eigenvalue weighted by Crippen LogP contribution is 2.27. The number of hydrogen-bond acceptors (Lipinski definition) is 4. The third-order valence-corrected chi connectivity index (χ3v) is 6.31. The third-order valence-electron chi connectivity index (χ3n) is 4.34. The van der Waals surface area contributed by atoms with Crippen molar-refractivity contribution in [2.75, 3.05) is 5.75 Å². The van der Waals surface area contributed by atoms with E-state index >= 15 is 0 Å². The molecule has 0 aliphatic rings. The molecule has 2 aromatic heterocycles. The third kappa shape index (κ3) is 3.91. The number of aryl methyl sites for hydroxylation is 1. The first-order chi connectivity index (χ1) is 13.2. The standard InChI is InChI=1S/C21H19N3OS2/c1-24-17-11-6-5-10-16(17)22-21(24)27-14-19(25)23-20(18-12-7-13-26-18)15-8-3-2-4-9-15/h2-13,20H,14H2,1H3,(H,23,25)/t20-/m0/s1. The number of carbonyl (C=O) groups is 1. The Labute approximate surface area is 166 Å². The first-order valence-corrected chi connectivity index (χ1v) is 10.5. The summed E-state index contributed by atoms with van der Waals surface area (Å²) in [7, 11) is 1.98. The number of benzene rings is 2. The maximum atomic E-state index is 12.7. The van der Waals surface area contributed by atoms with E-state index in [1.165, 1.54) is 11.8 Å². The number of aromatic nitrogens is 2. The zero-order valence-electron chi connectivity index (χ0n) is 14.8. The lowest BCUT2D eigenvalue weighted by molar-refractivity contribution is -0.119. The van der Waals surface area contributed by atoms with Crippen molar-refractivity contribution in [3.63, 3.8) is 0 Å². The zero-order chi connectivity index (χ0) is 18.6. The van der Waals surface area contributed by atoms with Crippen LogP contribution in [0.15, 0.2) is 77.3 Å². The zero-order valence-corrected chi connectivity index (χ0v) is 16.5. The molecule has 2 aromatic carbocycles. The van der Waals surface area contributed by atoms with Crippen molar-refractivity contribution in [3.05, 3.63) is 82.6 Å². The quantitative estimate of drug-likeness (QED) is 0.486. The molecule has 0 aliphatic heterocycles. The Bertz CT molecular complexity index is 1040. The Morgan fingerprint density at radius 3 is 2.63 bits per heavy atom. The van der Waals surface area contributed by atoms with Gasteiger partial charge in [0.05, 0.1) is 22.8 Å². The molecule has 4 nitrogen and oxygen atoms in total. The van der Waals surface area contributed by atoms with E-state index in [0.717, 1.165) is 26.6 Å². The number of nitrogens with zero attached hydrogens (tertiary/aromatic N) is 2. The number of para-hydroxylation sites is 2. The molecule has 0 radical (unpaired) electrons. The molecule has 136 valence electrons. The first-order valence-electron chi connectivity index (χ1n) is 8.64. The predicted molar refractivity (Wildman–Crippen MR) is 112 cm³/mol. The number of nitrogens with one attached hydrogen (secondary N) is 1. The van der Waals surface area contributed by atoms with Gasteiger partial charge < -0.3 is 9.88 Å². The molecule has 0 aliphatic carbocycles. The summed E-state index contributed by atoms with van der Waals surface area (Å²) in [5.74, 6) is 0.320. The van der Waals surface area contributed by atoms with Gasteiger partial charge in [-0.2, -0.15) is 0 Å². The van der Waals surface area contributed by atoms with Gasteiger partial charge in [-0.05, 0) is 29.1 Å². The van der Waals surface area contributed by atoms with Crippen LogP contribution < -0.4 is 5.32 Å². The smallest absolute Gasteiger partial charge is 0.231 e. The van der Waals surface area contributed by atoms with Crippen molar-refractivity contribution in [2.24, 2.45) is 7.05 Å². The SMILES string of the molecule is Cn1c(SCC(=O)N[C@@H](c2ccccc2)c2cccs2)nc2ccccc21. The summed E-state index contributed by atoms with van der Waals surface area (Å²) in [6.45, 7) is 0. The van der Waals surface area contributed by atoms with E-state index in [2.05, 4.69) is 16.4 Å². The van der Waals surface area contributed by atoms with Gasteiger partial charge in [0, 0.05) is 11.9 Å². The number of thiophene rings is 1. The van der Waals surface area contributed by atoms with E-state index in [4.69, 9.17) is 0 Å². The van der Waals surface area contributed by atoms with Crippen molar-refractivity contribution in [3.8, 4) is 0 Å². The van der Waals surface area contributed by atoms with Crippen molar-refractivity contribution >= 4 is 40.0 Å². The topological polar surface area (TPSA) is 46.9 Å². The molecule has 0 spiro atoms. The van der Waals surface area contributed by atoms with Crippen LogP contribution in [-0.2, 0) is 11.8 Å². The van der Waals surface area contributed by atoms with Gasteiger partial charge in [-0.15, -0.1) is 11.3 Å². The van der Waals surface area contributed by atoms with Crippen LogP contribution in [0.1, 0.15) is 16.5 Å². The van der Waals surface area contributed by atoms with Gasteiger partial charge in [-0.25, -0.2) is 4.98 Å². The van der Waals surface area contributed by atoms with E-state index in [1.807, 2.05) is 77.7 Å². The summed E-state index contributed by atoms with van der Waals surface area (Å²) >= 11 is 3.11. The molecule has 0 unspecified atom stereocenters. The number of fused-ring (bicyclic) bond motifs is 1. The Morgan fingerprint density at radius 2 is 1.89 bits per heavy atom. The predicted octanol–water partition coefficient (Wildman–Crippen LogP) is 4.63. The summed E-state index contributed by atoms with van der Waals surface area (Å²) in [5, 5.41) is 6.05. The normalized spacial score (nSPS) is 12.2. The fraction of sp³-hybridized carbons (Fsp3) is 0.143. The minimum Gasteiger partial charge on any atom is -0.344 e. The Balaban J connectivity index is 1.48. The fourth-order valence-electron chi connectivity index (χ4n) is 3.01. The molecule has 4 rings (SSSR count). The van der Waals surface area contributed by atoms with Gasteiger partial charge in [0.1, 0.15) is 0 Å². The molecular weight excluding hydrogens is 374 g/mol. The van der Waals surface area contributed by atoms with Crippen LogP contribution in [0.2, 0.25) is 0 Å². The Hall–Kier alpha value is -2.57. The monoisotopic (exact) mass is 393 g/mol. The van der Waals surface area contributed by atoms with Crippen LogP contribution in [0.3, 0.4) is 0 Å². The Morgan fingerprint density at radius 1 is 1.11 bits per heavy atom. The molecule has 0 fully saturated rings. The Kier molecular flexibility index (Phi) is 5.27. The molecule has 0 bridgehead atoms. The number of carbonyl (C=O) groups excluding carboxylic acids is 1. The number of thioether (sulfide) groups is 1. The van der Waals surface area contributed by atoms with Crippen molar-refractivity contribution < 1.29 is 4.79 Å². The molecule has 1 N–H and O–H groups in total. The molecule has 2 heterocycles. The number of hydrogen-bond donors (Lipinski definition) is 1. The average Bonchev–Trinajstić information content (AvgIpc) is 3.34. The summed E-state index contributed by atoms with van der Waals surface area (Å²) < 4.78 is 2.03. The number of amides is 1. The maximum absolute atomic E-state index is 12.7. The lowest BCUT2D eigenvalue weighted by atomic mass is 10.1. The van der Waals surface area contributed by atoms with Crippen LogP contribution in [0.5, 0.6) is 0 Å². The maximum Gasteiger partial charge on any atom is 0.231 e. The molecule has 4 aromatic rings. The van der Waals surface area contributed by atoms with Gasteiger partial charge in [0.15, 0.2) is 5.16 Å². The molecule has 1 atom stereocenters. The van der Waals surface area contributed by atoms with Crippen LogP contribution in [0, 0.1) is 0 Å². The summed E-state index contributed by atoms with van der Waals surface area (Å²) in [6, 6.07) is 22.0. The largest absolute Gasteiger partial charge is 0.344 e.